The number of thiophene rings is 1. The van der Waals surface area contributed by atoms with Gasteiger partial charge in [-0.1, -0.05) is 11.6 Å². The first-order chi connectivity index (χ1) is 10.8. The van der Waals surface area contributed by atoms with Crippen LogP contribution in [-0.4, -0.2) is 34.0 Å². The maximum Gasteiger partial charge on any atom is 0.243 e. The number of nitrogens with zero attached hydrogens (tertiary/aromatic N) is 1. The smallest absolute Gasteiger partial charge is 0.243 e. The third-order valence-electron chi connectivity index (χ3n) is 3.38. The molecule has 2 aromatic rings. The van der Waals surface area contributed by atoms with Gasteiger partial charge in [0.25, 0.3) is 0 Å². The molecule has 1 heterocycles. The highest BCUT2D eigenvalue weighted by molar-refractivity contribution is 7.89. The molecule has 0 N–H and O–H groups in total. The zero-order chi connectivity index (χ0) is 17.2. The van der Waals surface area contributed by atoms with Gasteiger partial charge in [0.05, 0.1) is 23.5 Å². The van der Waals surface area contributed by atoms with E-state index in [1.165, 1.54) is 35.9 Å². The Bertz CT molecular complexity index is 802. The van der Waals surface area contributed by atoms with Gasteiger partial charge in [0.1, 0.15) is 0 Å². The first kappa shape index (κ1) is 18.1. The Morgan fingerprint density at radius 1 is 1.17 bits per heavy atom. The van der Waals surface area contributed by atoms with Gasteiger partial charge < -0.3 is 9.47 Å². The van der Waals surface area contributed by atoms with Gasteiger partial charge >= 0.3 is 0 Å². The van der Waals surface area contributed by atoms with E-state index >= 15 is 0 Å². The number of methoxy groups -OCH3 is 2. The lowest BCUT2D eigenvalue weighted by atomic mass is 10.2. The van der Waals surface area contributed by atoms with E-state index in [0.29, 0.717) is 21.4 Å². The zero-order valence-corrected chi connectivity index (χ0v) is 15.7. The van der Waals surface area contributed by atoms with Crippen LogP contribution in [0.3, 0.4) is 0 Å². The Kier molecular flexibility index (Phi) is 5.57. The van der Waals surface area contributed by atoms with Gasteiger partial charge in [-0.2, -0.15) is 4.31 Å². The second kappa shape index (κ2) is 7.09. The van der Waals surface area contributed by atoms with E-state index in [-0.39, 0.29) is 11.4 Å². The van der Waals surface area contributed by atoms with E-state index < -0.39 is 10.0 Å². The van der Waals surface area contributed by atoms with Gasteiger partial charge in [0.15, 0.2) is 11.5 Å². The normalized spacial score (nSPS) is 11.7. The molecule has 0 radical (unpaired) electrons. The molecule has 1 aromatic heterocycles. The number of hydrogen-bond acceptors (Lipinski definition) is 5. The van der Waals surface area contributed by atoms with Gasteiger partial charge in [-0.05, 0) is 30.7 Å². The van der Waals surface area contributed by atoms with Crippen LogP contribution >= 0.6 is 22.9 Å². The number of rotatable bonds is 6. The second-order valence-electron chi connectivity index (χ2n) is 4.94. The standard InChI is InChI=1S/C15H18ClNO4S2/c1-10-7-12(20-3)13(21-4)8-14(10)23(18,19)17(2)9-11-5-6-15(16)22-11/h5-8H,9H2,1-4H3. The summed E-state index contributed by atoms with van der Waals surface area (Å²) >= 11 is 7.25. The van der Waals surface area contributed by atoms with Crippen LogP contribution < -0.4 is 9.47 Å². The lowest BCUT2D eigenvalue weighted by molar-refractivity contribution is 0.353. The van der Waals surface area contributed by atoms with Crippen molar-refractivity contribution in [1.29, 1.82) is 0 Å². The first-order valence-electron chi connectivity index (χ1n) is 6.72. The first-order valence-corrected chi connectivity index (χ1v) is 9.36. The highest BCUT2D eigenvalue weighted by atomic mass is 35.5. The molecule has 126 valence electrons. The minimum Gasteiger partial charge on any atom is -0.493 e. The number of halogens is 1. The largest absolute Gasteiger partial charge is 0.493 e. The molecule has 0 bridgehead atoms. The Morgan fingerprint density at radius 3 is 2.30 bits per heavy atom. The van der Waals surface area contributed by atoms with Crippen molar-refractivity contribution >= 4 is 33.0 Å². The molecule has 0 saturated carbocycles. The molecule has 1 aromatic carbocycles. The van der Waals surface area contributed by atoms with Gasteiger partial charge in [-0.25, -0.2) is 8.42 Å². The Labute approximate surface area is 145 Å². The summed E-state index contributed by atoms with van der Waals surface area (Å²) in [6.45, 7) is 1.98. The van der Waals surface area contributed by atoms with Crippen LogP contribution in [0.5, 0.6) is 11.5 Å². The minimum absolute atomic E-state index is 0.195. The lowest BCUT2D eigenvalue weighted by Gasteiger charge is -2.19. The third-order valence-corrected chi connectivity index (χ3v) is 6.54. The summed E-state index contributed by atoms with van der Waals surface area (Å²) < 4.78 is 38.0. The van der Waals surface area contributed by atoms with Crippen molar-refractivity contribution in [3.05, 3.63) is 39.0 Å². The molecule has 0 aliphatic heterocycles. The Balaban J connectivity index is 2.38. The van der Waals surface area contributed by atoms with E-state index in [1.807, 2.05) is 6.07 Å². The van der Waals surface area contributed by atoms with E-state index in [4.69, 9.17) is 21.1 Å². The number of sulfonamides is 1. The average Bonchev–Trinajstić information content (AvgIpc) is 2.91. The molecule has 0 unspecified atom stereocenters. The number of hydrogen-bond donors (Lipinski definition) is 0. The quantitative estimate of drug-likeness (QED) is 0.774. The van der Waals surface area contributed by atoms with Gasteiger partial charge in [0.2, 0.25) is 10.0 Å². The molecule has 2 rings (SSSR count). The van der Waals surface area contributed by atoms with Gasteiger partial charge in [-0.3, -0.25) is 0 Å². The van der Waals surface area contributed by atoms with Gasteiger partial charge in [-0.15, -0.1) is 11.3 Å². The van der Waals surface area contributed by atoms with Crippen molar-refractivity contribution in [3.63, 3.8) is 0 Å². The van der Waals surface area contributed by atoms with E-state index in [1.54, 1.807) is 26.1 Å². The second-order valence-corrected chi connectivity index (χ2v) is 8.75. The molecule has 5 nitrogen and oxygen atoms in total. The molecule has 0 aliphatic rings. The number of benzene rings is 1. The Hall–Kier alpha value is -1.28. The monoisotopic (exact) mass is 375 g/mol. The molecule has 0 amide bonds. The molecule has 0 aliphatic carbocycles. The highest BCUT2D eigenvalue weighted by Gasteiger charge is 2.25. The van der Waals surface area contributed by atoms with Crippen molar-refractivity contribution in [2.45, 2.75) is 18.4 Å². The van der Waals surface area contributed by atoms with Crippen molar-refractivity contribution in [2.24, 2.45) is 0 Å². The summed E-state index contributed by atoms with van der Waals surface area (Å²) in [5, 5.41) is 0. The molecular formula is C15H18ClNO4S2. The molecule has 23 heavy (non-hydrogen) atoms. The summed E-state index contributed by atoms with van der Waals surface area (Å²) in [5.74, 6) is 0.876. The SMILES string of the molecule is COc1cc(C)c(S(=O)(=O)N(C)Cc2ccc(Cl)s2)cc1OC. The molecule has 8 heteroatoms. The van der Waals surface area contributed by atoms with Crippen molar-refractivity contribution in [2.75, 3.05) is 21.3 Å². The summed E-state index contributed by atoms with van der Waals surface area (Å²) in [7, 11) is 0.871. The molecule has 0 fully saturated rings. The van der Waals surface area contributed by atoms with Crippen molar-refractivity contribution in [3.8, 4) is 11.5 Å². The maximum atomic E-state index is 12.8. The fourth-order valence-electron chi connectivity index (χ4n) is 2.15. The summed E-state index contributed by atoms with van der Waals surface area (Å²) in [5.41, 5.74) is 0.596. The lowest BCUT2D eigenvalue weighted by Crippen LogP contribution is -2.26. The minimum atomic E-state index is -3.65. The number of aryl methyl sites for hydroxylation is 1. The topological polar surface area (TPSA) is 55.8 Å². The van der Waals surface area contributed by atoms with E-state index in [2.05, 4.69) is 0 Å². The van der Waals surface area contributed by atoms with E-state index in [9.17, 15) is 8.42 Å². The zero-order valence-electron chi connectivity index (χ0n) is 13.3. The fraction of sp³-hybridized carbons (Fsp3) is 0.333. The summed E-state index contributed by atoms with van der Waals surface area (Å²) in [6, 6.07) is 6.72. The van der Waals surface area contributed by atoms with Crippen molar-refractivity contribution < 1.29 is 17.9 Å². The molecule has 0 saturated heterocycles. The molecule has 0 spiro atoms. The van der Waals surface area contributed by atoms with Crippen LogP contribution in [0.1, 0.15) is 10.4 Å². The molecular weight excluding hydrogens is 358 g/mol. The van der Waals surface area contributed by atoms with Crippen LogP contribution in [0.4, 0.5) is 0 Å². The van der Waals surface area contributed by atoms with Crippen molar-refractivity contribution in [1.82, 2.24) is 4.31 Å². The van der Waals surface area contributed by atoms with Crippen LogP contribution in [-0.2, 0) is 16.6 Å². The summed E-state index contributed by atoms with van der Waals surface area (Å²) in [4.78, 5) is 1.07. The maximum absolute atomic E-state index is 12.8. The summed E-state index contributed by atoms with van der Waals surface area (Å²) in [6.07, 6.45) is 0. The van der Waals surface area contributed by atoms with Crippen LogP contribution in [0.15, 0.2) is 29.2 Å². The third kappa shape index (κ3) is 3.80. The highest BCUT2D eigenvalue weighted by Crippen LogP contribution is 2.34. The van der Waals surface area contributed by atoms with Gasteiger partial charge in [0, 0.05) is 24.5 Å². The van der Waals surface area contributed by atoms with Crippen LogP contribution in [0.25, 0.3) is 0 Å². The number of ether oxygens (including phenoxy) is 2. The Morgan fingerprint density at radius 2 is 1.78 bits per heavy atom. The van der Waals surface area contributed by atoms with Crippen LogP contribution in [0, 0.1) is 6.92 Å². The van der Waals surface area contributed by atoms with Crippen LogP contribution in [0.2, 0.25) is 4.34 Å². The predicted molar refractivity (Wildman–Crippen MR) is 92.3 cm³/mol. The van der Waals surface area contributed by atoms with E-state index in [0.717, 1.165) is 4.88 Å². The fourth-order valence-corrected chi connectivity index (χ4v) is 4.74. The predicted octanol–water partition coefficient (Wildman–Crippen LogP) is 3.55. The average molecular weight is 376 g/mol. The molecule has 0 atom stereocenters.